The van der Waals surface area contributed by atoms with Gasteiger partial charge in [-0.15, -0.1) is 0 Å². The molecule has 18 heavy (non-hydrogen) atoms. The molecular formula is C11H13BrClN5. The van der Waals surface area contributed by atoms with Crippen LogP contribution < -0.4 is 11.1 Å². The van der Waals surface area contributed by atoms with Crippen LogP contribution in [0.4, 0.5) is 5.82 Å². The molecule has 7 heteroatoms. The van der Waals surface area contributed by atoms with Crippen molar-refractivity contribution in [2.45, 2.75) is 18.9 Å². The van der Waals surface area contributed by atoms with E-state index in [2.05, 4.69) is 31.3 Å². The lowest BCUT2D eigenvalue weighted by Crippen LogP contribution is -2.32. The molecule has 1 aliphatic rings. The van der Waals surface area contributed by atoms with E-state index in [9.17, 15) is 0 Å². The van der Waals surface area contributed by atoms with Crippen molar-refractivity contribution in [1.29, 1.82) is 0 Å². The van der Waals surface area contributed by atoms with Crippen LogP contribution in [0.3, 0.4) is 0 Å². The van der Waals surface area contributed by atoms with Crippen molar-refractivity contribution in [3.8, 4) is 0 Å². The van der Waals surface area contributed by atoms with Crippen molar-refractivity contribution in [3.05, 3.63) is 15.8 Å². The number of piperidine rings is 1. The third kappa shape index (κ3) is 1.88. The number of anilines is 1. The minimum absolute atomic E-state index is 0.312. The van der Waals surface area contributed by atoms with Crippen molar-refractivity contribution < 1.29 is 0 Å². The van der Waals surface area contributed by atoms with Crippen LogP contribution in [-0.4, -0.2) is 27.9 Å². The molecule has 1 fully saturated rings. The van der Waals surface area contributed by atoms with Gasteiger partial charge in [-0.2, -0.15) is 5.10 Å². The zero-order valence-electron chi connectivity index (χ0n) is 9.66. The highest BCUT2D eigenvalue weighted by molar-refractivity contribution is 9.10. The Hall–Kier alpha value is -0.850. The summed E-state index contributed by atoms with van der Waals surface area (Å²) in [6.07, 6.45) is 3.82. The molecule has 2 aromatic heterocycles. The quantitative estimate of drug-likeness (QED) is 0.842. The molecule has 0 bridgehead atoms. The molecule has 1 atom stereocenters. The first-order valence-corrected chi connectivity index (χ1v) is 7.04. The Kier molecular flexibility index (Phi) is 3.17. The van der Waals surface area contributed by atoms with Gasteiger partial charge in [0.2, 0.25) is 0 Å². The van der Waals surface area contributed by atoms with Crippen LogP contribution in [-0.2, 0) is 0 Å². The number of nitrogens with two attached hydrogens (primary N) is 1. The molecule has 1 saturated heterocycles. The first kappa shape index (κ1) is 12.2. The Balaban J connectivity index is 2.20. The highest BCUT2D eigenvalue weighted by Gasteiger charge is 2.22. The van der Waals surface area contributed by atoms with Crippen LogP contribution in [0.2, 0.25) is 5.02 Å². The summed E-state index contributed by atoms with van der Waals surface area (Å²) in [5.41, 5.74) is 6.77. The summed E-state index contributed by atoms with van der Waals surface area (Å²) in [7, 11) is 0. The molecule has 1 aliphatic heterocycles. The molecule has 0 amide bonds. The number of halogens is 2. The van der Waals surface area contributed by atoms with E-state index < -0.39 is 0 Å². The van der Waals surface area contributed by atoms with Gasteiger partial charge in [0.25, 0.3) is 0 Å². The number of fused-ring (bicyclic) bond motifs is 1. The van der Waals surface area contributed by atoms with Gasteiger partial charge in [-0.05, 0) is 35.3 Å². The summed E-state index contributed by atoms with van der Waals surface area (Å²) in [6.45, 7) is 1.97. The average molecular weight is 331 g/mol. The second-order valence-corrected chi connectivity index (χ2v) is 5.61. The van der Waals surface area contributed by atoms with Crippen molar-refractivity contribution in [3.63, 3.8) is 0 Å². The average Bonchev–Trinajstić information content (AvgIpc) is 2.74. The lowest BCUT2D eigenvalue weighted by Gasteiger charge is -2.24. The fraction of sp³-hybridized carbons (Fsp3) is 0.455. The number of hydrogen-bond donors (Lipinski definition) is 2. The van der Waals surface area contributed by atoms with Crippen molar-refractivity contribution in [2.24, 2.45) is 0 Å². The van der Waals surface area contributed by atoms with Crippen LogP contribution in [0.5, 0.6) is 0 Å². The number of nitrogen functional groups attached to an aromatic ring is 1. The van der Waals surface area contributed by atoms with Gasteiger partial charge in [0.15, 0.2) is 0 Å². The van der Waals surface area contributed by atoms with Gasteiger partial charge in [-0.1, -0.05) is 11.6 Å². The predicted octanol–water partition coefficient (Wildman–Crippen LogP) is 2.35. The van der Waals surface area contributed by atoms with Gasteiger partial charge in [-0.3, -0.25) is 4.68 Å². The van der Waals surface area contributed by atoms with Gasteiger partial charge >= 0.3 is 0 Å². The van der Waals surface area contributed by atoms with E-state index in [-0.39, 0.29) is 0 Å². The van der Waals surface area contributed by atoms with Gasteiger partial charge in [0, 0.05) is 6.54 Å². The normalized spacial score (nSPS) is 20.4. The van der Waals surface area contributed by atoms with E-state index in [1.165, 1.54) is 0 Å². The van der Waals surface area contributed by atoms with Gasteiger partial charge < -0.3 is 11.1 Å². The minimum atomic E-state index is 0.312. The monoisotopic (exact) mass is 329 g/mol. The Morgan fingerprint density at radius 3 is 3.11 bits per heavy atom. The molecule has 3 N–H and O–H groups in total. The molecular weight excluding hydrogens is 318 g/mol. The third-order valence-electron chi connectivity index (χ3n) is 3.28. The minimum Gasteiger partial charge on any atom is -0.383 e. The Labute approximate surface area is 118 Å². The molecule has 0 aliphatic carbocycles. The third-order valence-corrected chi connectivity index (χ3v) is 4.12. The molecule has 3 heterocycles. The second-order valence-electron chi connectivity index (χ2n) is 4.45. The summed E-state index contributed by atoms with van der Waals surface area (Å²) in [5, 5.41) is 9.28. The van der Waals surface area contributed by atoms with E-state index in [1.54, 1.807) is 6.20 Å². The molecule has 96 valence electrons. The maximum absolute atomic E-state index is 6.25. The molecule has 0 radical (unpaired) electrons. The maximum atomic E-state index is 6.25. The van der Waals surface area contributed by atoms with Crippen LogP contribution in [0, 0.1) is 0 Å². The Bertz CT molecular complexity index is 591. The zero-order chi connectivity index (χ0) is 12.7. The maximum Gasteiger partial charge on any atom is 0.139 e. The summed E-state index contributed by atoms with van der Waals surface area (Å²) in [4.78, 5) is 4.07. The lowest BCUT2D eigenvalue weighted by molar-refractivity contribution is 0.354. The van der Waals surface area contributed by atoms with Crippen molar-refractivity contribution >= 4 is 44.3 Å². The highest BCUT2D eigenvalue weighted by Crippen LogP contribution is 2.34. The van der Waals surface area contributed by atoms with E-state index >= 15 is 0 Å². The largest absolute Gasteiger partial charge is 0.383 e. The first-order chi connectivity index (χ1) is 8.68. The van der Waals surface area contributed by atoms with Crippen molar-refractivity contribution in [2.75, 3.05) is 18.8 Å². The molecule has 5 nitrogen and oxygen atoms in total. The zero-order valence-corrected chi connectivity index (χ0v) is 12.0. The molecule has 1 unspecified atom stereocenters. The Morgan fingerprint density at radius 2 is 2.39 bits per heavy atom. The highest BCUT2D eigenvalue weighted by atomic mass is 79.9. The smallest absolute Gasteiger partial charge is 0.139 e. The first-order valence-electron chi connectivity index (χ1n) is 5.87. The Morgan fingerprint density at radius 1 is 1.56 bits per heavy atom. The molecule has 0 saturated carbocycles. The number of hydrogen-bond acceptors (Lipinski definition) is 4. The number of nitrogens with one attached hydrogen (secondary N) is 1. The SMILES string of the molecule is Nc1ncc(Cl)c2c1c(Br)nn2C1CCCNC1. The van der Waals surface area contributed by atoms with E-state index in [4.69, 9.17) is 17.3 Å². The summed E-state index contributed by atoms with van der Waals surface area (Å²) in [6, 6.07) is 0.312. The molecule has 3 rings (SSSR count). The summed E-state index contributed by atoms with van der Waals surface area (Å²) >= 11 is 9.68. The summed E-state index contributed by atoms with van der Waals surface area (Å²) in [5.74, 6) is 0.455. The molecule has 0 aromatic carbocycles. The fourth-order valence-corrected chi connectivity index (χ4v) is 3.21. The topological polar surface area (TPSA) is 68.8 Å². The van der Waals surface area contributed by atoms with Crippen LogP contribution >= 0.6 is 27.5 Å². The van der Waals surface area contributed by atoms with Crippen LogP contribution in [0.25, 0.3) is 10.9 Å². The molecule has 0 spiro atoms. The van der Waals surface area contributed by atoms with Crippen LogP contribution in [0.1, 0.15) is 18.9 Å². The van der Waals surface area contributed by atoms with Crippen LogP contribution in [0.15, 0.2) is 10.8 Å². The standard InChI is InChI=1S/C11H13BrClN5/c12-10-8-9(7(13)5-16-11(8)14)18(17-10)6-2-1-3-15-4-6/h5-6,15H,1-4H2,(H2,14,16). The number of aromatic nitrogens is 3. The number of pyridine rings is 1. The number of nitrogens with zero attached hydrogens (tertiary/aromatic N) is 3. The van der Waals surface area contributed by atoms with Gasteiger partial charge in [0.05, 0.1) is 28.2 Å². The van der Waals surface area contributed by atoms with Gasteiger partial charge in [0.1, 0.15) is 10.4 Å². The van der Waals surface area contributed by atoms with E-state index in [0.29, 0.717) is 21.5 Å². The lowest BCUT2D eigenvalue weighted by atomic mass is 10.1. The second kappa shape index (κ2) is 4.68. The summed E-state index contributed by atoms with van der Waals surface area (Å²) < 4.78 is 2.67. The van der Waals surface area contributed by atoms with E-state index in [0.717, 1.165) is 36.8 Å². The number of rotatable bonds is 1. The predicted molar refractivity (Wildman–Crippen MR) is 75.8 cm³/mol. The van der Waals surface area contributed by atoms with E-state index in [1.807, 2.05) is 4.68 Å². The van der Waals surface area contributed by atoms with Crippen molar-refractivity contribution in [1.82, 2.24) is 20.1 Å². The van der Waals surface area contributed by atoms with Gasteiger partial charge in [-0.25, -0.2) is 4.98 Å². The molecule has 2 aromatic rings. The fourth-order valence-electron chi connectivity index (χ4n) is 2.42.